The first-order chi connectivity index (χ1) is 11.6. The zero-order valence-corrected chi connectivity index (χ0v) is 13.5. The lowest BCUT2D eigenvalue weighted by Gasteiger charge is -2.17. The maximum Gasteiger partial charge on any atom is 0.340 e. The van der Waals surface area contributed by atoms with Crippen molar-refractivity contribution in [2.24, 2.45) is 0 Å². The average Bonchev–Trinajstić information content (AvgIpc) is 3.16. The van der Waals surface area contributed by atoms with E-state index in [9.17, 15) is 9.59 Å². The van der Waals surface area contributed by atoms with Gasteiger partial charge in [-0.1, -0.05) is 18.2 Å². The Bertz CT molecular complexity index is 816. The number of carbonyl (C=O) groups is 2. The number of para-hydroxylation sites is 1. The highest BCUT2D eigenvalue weighted by atomic mass is 16.5. The van der Waals surface area contributed by atoms with E-state index in [4.69, 9.17) is 9.15 Å². The number of esters is 1. The van der Waals surface area contributed by atoms with Gasteiger partial charge in [0, 0.05) is 11.4 Å². The second-order valence-corrected chi connectivity index (χ2v) is 5.23. The Morgan fingerprint density at radius 2 is 1.96 bits per heavy atom. The molecule has 0 atom stereocenters. The number of allylic oxidation sites excluding steroid dienone is 1. The molecule has 3 rings (SSSR count). The van der Waals surface area contributed by atoms with Crippen LogP contribution in [-0.4, -0.2) is 18.5 Å². The van der Waals surface area contributed by atoms with E-state index in [0.717, 1.165) is 0 Å². The van der Waals surface area contributed by atoms with Crippen molar-refractivity contribution < 1.29 is 18.7 Å². The Morgan fingerprint density at radius 1 is 1.21 bits per heavy atom. The number of amides is 1. The molecule has 5 nitrogen and oxygen atoms in total. The summed E-state index contributed by atoms with van der Waals surface area (Å²) in [6, 6.07) is 12.6. The van der Waals surface area contributed by atoms with Crippen LogP contribution >= 0.6 is 0 Å². The van der Waals surface area contributed by atoms with Gasteiger partial charge in [0.1, 0.15) is 5.76 Å². The van der Waals surface area contributed by atoms with E-state index >= 15 is 0 Å². The van der Waals surface area contributed by atoms with Gasteiger partial charge in [-0.25, -0.2) is 4.79 Å². The Labute approximate surface area is 139 Å². The summed E-state index contributed by atoms with van der Waals surface area (Å²) in [7, 11) is 0. The van der Waals surface area contributed by atoms with Gasteiger partial charge in [0.05, 0.1) is 24.0 Å². The van der Waals surface area contributed by atoms with Crippen LogP contribution in [0.5, 0.6) is 0 Å². The van der Waals surface area contributed by atoms with Gasteiger partial charge in [-0.05, 0) is 44.2 Å². The topological polar surface area (TPSA) is 59.8 Å². The van der Waals surface area contributed by atoms with Crippen LogP contribution in [0.3, 0.4) is 0 Å². The molecular formula is C19H17NO4. The molecule has 0 spiro atoms. The number of benzene rings is 1. The van der Waals surface area contributed by atoms with Gasteiger partial charge < -0.3 is 9.15 Å². The van der Waals surface area contributed by atoms with Gasteiger partial charge in [-0.15, -0.1) is 0 Å². The van der Waals surface area contributed by atoms with Crippen molar-refractivity contribution in [2.75, 3.05) is 11.5 Å². The van der Waals surface area contributed by atoms with Crippen molar-refractivity contribution in [1.82, 2.24) is 0 Å². The summed E-state index contributed by atoms with van der Waals surface area (Å²) in [5.41, 5.74) is 1.78. The number of rotatable bonds is 4. The zero-order valence-electron chi connectivity index (χ0n) is 13.5. The molecule has 0 saturated carbocycles. The van der Waals surface area contributed by atoms with E-state index in [-0.39, 0.29) is 23.7 Å². The fourth-order valence-electron chi connectivity index (χ4n) is 2.68. The van der Waals surface area contributed by atoms with Gasteiger partial charge >= 0.3 is 5.97 Å². The van der Waals surface area contributed by atoms with Crippen molar-refractivity contribution in [1.29, 1.82) is 0 Å². The van der Waals surface area contributed by atoms with Gasteiger partial charge in [-0.3, -0.25) is 9.69 Å². The van der Waals surface area contributed by atoms with Gasteiger partial charge in [0.2, 0.25) is 0 Å². The average molecular weight is 323 g/mol. The molecule has 24 heavy (non-hydrogen) atoms. The molecule has 2 aromatic rings. The lowest BCUT2D eigenvalue weighted by molar-refractivity contribution is -0.138. The normalized spacial score (nSPS) is 16.2. The third kappa shape index (κ3) is 2.76. The number of ether oxygens (including phenoxy) is 1. The molecular weight excluding hydrogens is 306 g/mol. The van der Waals surface area contributed by atoms with E-state index in [1.165, 1.54) is 11.2 Å². The quantitative estimate of drug-likeness (QED) is 0.638. The first-order valence-corrected chi connectivity index (χ1v) is 7.66. The fraction of sp³-hybridized carbons (Fsp3) is 0.158. The van der Waals surface area contributed by atoms with Crippen LogP contribution in [0.15, 0.2) is 70.0 Å². The molecule has 1 aromatic carbocycles. The summed E-state index contributed by atoms with van der Waals surface area (Å²) in [5, 5.41) is 0. The molecule has 0 N–H and O–H groups in total. The van der Waals surface area contributed by atoms with Gasteiger partial charge in [-0.2, -0.15) is 0 Å². The number of anilines is 1. The van der Waals surface area contributed by atoms with Gasteiger partial charge in [0.25, 0.3) is 5.91 Å². The number of hydrogen-bond acceptors (Lipinski definition) is 4. The molecule has 0 fully saturated rings. The smallest absolute Gasteiger partial charge is 0.340 e. The minimum atomic E-state index is -0.514. The number of nitrogens with zero attached hydrogens (tertiary/aromatic N) is 1. The van der Waals surface area contributed by atoms with Crippen LogP contribution in [0, 0.1) is 0 Å². The van der Waals surface area contributed by atoms with E-state index in [1.54, 1.807) is 32.1 Å². The summed E-state index contributed by atoms with van der Waals surface area (Å²) in [6.45, 7) is 3.71. The van der Waals surface area contributed by atoms with Crippen LogP contribution in [-0.2, 0) is 14.3 Å². The highest BCUT2D eigenvalue weighted by molar-refractivity contribution is 6.23. The number of furan rings is 1. The van der Waals surface area contributed by atoms with Crippen LogP contribution in [0.4, 0.5) is 5.69 Å². The molecule has 0 bridgehead atoms. The largest absolute Gasteiger partial charge is 0.465 e. The lowest BCUT2D eigenvalue weighted by Crippen LogP contribution is -2.24. The van der Waals surface area contributed by atoms with Crippen molar-refractivity contribution in [3.05, 3.63) is 71.3 Å². The minimum absolute atomic E-state index is 0.239. The molecule has 0 saturated heterocycles. The second-order valence-electron chi connectivity index (χ2n) is 5.23. The van der Waals surface area contributed by atoms with E-state index < -0.39 is 5.97 Å². The molecule has 122 valence electrons. The molecule has 0 radical (unpaired) electrons. The van der Waals surface area contributed by atoms with Crippen molar-refractivity contribution in [3.63, 3.8) is 0 Å². The number of hydrogen-bond donors (Lipinski definition) is 0. The summed E-state index contributed by atoms with van der Waals surface area (Å²) in [6.07, 6.45) is 3.09. The molecule has 1 aromatic heterocycles. The Hall–Kier alpha value is -3.08. The second kappa shape index (κ2) is 6.58. The molecule has 2 heterocycles. The molecule has 1 aliphatic rings. The van der Waals surface area contributed by atoms with Crippen LogP contribution in [0.1, 0.15) is 19.6 Å². The maximum absolute atomic E-state index is 12.9. The summed E-state index contributed by atoms with van der Waals surface area (Å²) in [4.78, 5) is 26.8. The first-order valence-electron chi connectivity index (χ1n) is 7.66. The highest BCUT2D eigenvalue weighted by Crippen LogP contribution is 2.35. The van der Waals surface area contributed by atoms with Crippen LogP contribution in [0.25, 0.3) is 6.08 Å². The SMILES string of the molecule is CCOC(=O)C1=C(C)N(c2ccccc2)C(=O)C1=Cc1ccco1. The van der Waals surface area contributed by atoms with Crippen LogP contribution in [0.2, 0.25) is 0 Å². The first kappa shape index (κ1) is 15.8. The lowest BCUT2D eigenvalue weighted by atomic mass is 10.1. The van der Waals surface area contributed by atoms with E-state index in [0.29, 0.717) is 17.1 Å². The maximum atomic E-state index is 12.9. The Balaban J connectivity index is 2.11. The van der Waals surface area contributed by atoms with E-state index in [2.05, 4.69) is 0 Å². The predicted molar refractivity (Wildman–Crippen MR) is 89.9 cm³/mol. The zero-order chi connectivity index (χ0) is 17.1. The standard InChI is InChI=1S/C19H17NO4/c1-3-23-19(22)17-13(2)20(14-8-5-4-6-9-14)18(21)16(17)12-15-10-7-11-24-15/h4-12H,3H2,1-2H3. The monoisotopic (exact) mass is 323 g/mol. The minimum Gasteiger partial charge on any atom is -0.465 e. The fourth-order valence-corrected chi connectivity index (χ4v) is 2.68. The van der Waals surface area contributed by atoms with E-state index in [1.807, 2.05) is 30.3 Å². The van der Waals surface area contributed by atoms with Crippen LogP contribution < -0.4 is 4.90 Å². The Kier molecular flexibility index (Phi) is 4.33. The van der Waals surface area contributed by atoms with Gasteiger partial charge in [0.15, 0.2) is 0 Å². The molecule has 0 aliphatic carbocycles. The van der Waals surface area contributed by atoms with Crippen molar-refractivity contribution in [3.8, 4) is 0 Å². The molecule has 1 amide bonds. The third-order valence-corrected chi connectivity index (χ3v) is 3.72. The summed E-state index contributed by atoms with van der Waals surface area (Å²) < 4.78 is 10.4. The highest BCUT2D eigenvalue weighted by Gasteiger charge is 2.38. The third-order valence-electron chi connectivity index (χ3n) is 3.72. The molecule has 1 aliphatic heterocycles. The molecule has 5 heteroatoms. The van der Waals surface area contributed by atoms with Crippen molar-refractivity contribution >= 4 is 23.6 Å². The van der Waals surface area contributed by atoms with Crippen molar-refractivity contribution in [2.45, 2.75) is 13.8 Å². The Morgan fingerprint density at radius 3 is 2.58 bits per heavy atom. The summed E-state index contributed by atoms with van der Waals surface area (Å²) in [5.74, 6) is -0.291. The predicted octanol–water partition coefficient (Wildman–Crippen LogP) is 3.55. The number of carbonyl (C=O) groups excluding carboxylic acids is 2. The molecule has 0 unspecified atom stereocenters. The summed E-state index contributed by atoms with van der Waals surface area (Å²) >= 11 is 0.